The Morgan fingerprint density at radius 1 is 1.43 bits per heavy atom. The predicted molar refractivity (Wildman–Crippen MR) is 83.4 cm³/mol. The van der Waals surface area contributed by atoms with Gasteiger partial charge >= 0.3 is 0 Å². The molecule has 4 nitrogen and oxygen atoms in total. The summed E-state index contributed by atoms with van der Waals surface area (Å²) in [7, 11) is 0. The molecule has 0 bridgehead atoms. The lowest BCUT2D eigenvalue weighted by Crippen LogP contribution is -2.35. The minimum atomic E-state index is -0.236. The zero-order chi connectivity index (χ0) is 14.7. The third kappa shape index (κ3) is 2.95. The van der Waals surface area contributed by atoms with Crippen molar-refractivity contribution in [3.8, 4) is 0 Å². The lowest BCUT2D eigenvalue weighted by atomic mass is 10.1. The molecule has 1 aromatic heterocycles. The molecule has 1 unspecified atom stereocenters. The van der Waals surface area contributed by atoms with E-state index >= 15 is 0 Å². The number of rotatable bonds is 5. The second-order valence-electron chi connectivity index (χ2n) is 5.55. The van der Waals surface area contributed by atoms with Gasteiger partial charge in [-0.25, -0.2) is 0 Å². The van der Waals surface area contributed by atoms with Crippen LogP contribution in [-0.2, 0) is 22.4 Å². The number of aromatic amines is 1. The molecule has 4 heteroatoms. The molecular formula is C17H22N2O2. The van der Waals surface area contributed by atoms with Crippen molar-refractivity contribution in [1.82, 2.24) is 10.3 Å². The summed E-state index contributed by atoms with van der Waals surface area (Å²) in [4.78, 5) is 15.3. The summed E-state index contributed by atoms with van der Waals surface area (Å²) in [6.45, 7) is 3.53. The fourth-order valence-electron chi connectivity index (χ4n) is 3.00. The predicted octanol–water partition coefficient (Wildman–Crippen LogP) is 2.57. The van der Waals surface area contributed by atoms with Gasteiger partial charge in [0, 0.05) is 30.3 Å². The first-order valence-electron chi connectivity index (χ1n) is 7.76. The van der Waals surface area contributed by atoms with Gasteiger partial charge in [-0.1, -0.05) is 25.1 Å². The molecule has 2 aromatic rings. The first kappa shape index (κ1) is 14.1. The molecule has 112 valence electrons. The standard InChI is InChI=1S/C17H22N2O2/c1-2-12-5-3-6-14-13(11-19-16(12)14)8-9-18-17(20)15-7-4-10-21-15/h3,5-6,11,15,19H,2,4,7-10H2,1H3,(H,18,20). The Labute approximate surface area is 124 Å². The molecule has 3 rings (SSSR count). The Balaban J connectivity index is 1.62. The average Bonchev–Trinajstić information content (AvgIpc) is 3.16. The van der Waals surface area contributed by atoms with Gasteiger partial charge in [0.25, 0.3) is 0 Å². The second-order valence-corrected chi connectivity index (χ2v) is 5.55. The number of fused-ring (bicyclic) bond motifs is 1. The number of H-pyrrole nitrogens is 1. The van der Waals surface area contributed by atoms with E-state index in [0.29, 0.717) is 13.2 Å². The van der Waals surface area contributed by atoms with Gasteiger partial charge in [-0.05, 0) is 36.8 Å². The Morgan fingerprint density at radius 2 is 2.33 bits per heavy atom. The SMILES string of the molecule is CCc1cccc2c(CCNC(=O)C3CCCO3)c[nH]c12. The lowest BCUT2D eigenvalue weighted by molar-refractivity contribution is -0.129. The molecule has 0 spiro atoms. The van der Waals surface area contributed by atoms with E-state index in [4.69, 9.17) is 4.74 Å². The quantitative estimate of drug-likeness (QED) is 0.887. The van der Waals surface area contributed by atoms with Crippen LogP contribution in [0.3, 0.4) is 0 Å². The van der Waals surface area contributed by atoms with Crippen LogP contribution in [0.5, 0.6) is 0 Å². The summed E-state index contributed by atoms with van der Waals surface area (Å²) in [6, 6.07) is 6.40. The van der Waals surface area contributed by atoms with Crippen molar-refractivity contribution < 1.29 is 9.53 Å². The number of aromatic nitrogens is 1. The highest BCUT2D eigenvalue weighted by molar-refractivity contribution is 5.86. The molecule has 21 heavy (non-hydrogen) atoms. The van der Waals surface area contributed by atoms with E-state index < -0.39 is 0 Å². The third-order valence-corrected chi connectivity index (χ3v) is 4.18. The Hall–Kier alpha value is -1.81. The lowest BCUT2D eigenvalue weighted by Gasteiger charge is -2.10. The number of amides is 1. The number of carbonyl (C=O) groups excluding carboxylic acids is 1. The maximum Gasteiger partial charge on any atom is 0.249 e. The van der Waals surface area contributed by atoms with Gasteiger partial charge in [-0.3, -0.25) is 4.79 Å². The van der Waals surface area contributed by atoms with Gasteiger partial charge in [0.05, 0.1) is 0 Å². The minimum absolute atomic E-state index is 0.0292. The minimum Gasteiger partial charge on any atom is -0.368 e. The van der Waals surface area contributed by atoms with Crippen LogP contribution in [0, 0.1) is 0 Å². The Kier molecular flexibility index (Phi) is 4.25. The highest BCUT2D eigenvalue weighted by Crippen LogP contribution is 2.22. The topological polar surface area (TPSA) is 54.1 Å². The summed E-state index contributed by atoms with van der Waals surface area (Å²) >= 11 is 0. The highest BCUT2D eigenvalue weighted by atomic mass is 16.5. The molecule has 1 amide bonds. The average molecular weight is 286 g/mol. The van der Waals surface area contributed by atoms with Gasteiger partial charge in [0.2, 0.25) is 5.91 Å². The van der Waals surface area contributed by atoms with Crippen molar-refractivity contribution in [2.45, 2.75) is 38.7 Å². The molecule has 0 aliphatic carbocycles. The van der Waals surface area contributed by atoms with Gasteiger partial charge in [-0.15, -0.1) is 0 Å². The molecular weight excluding hydrogens is 264 g/mol. The van der Waals surface area contributed by atoms with E-state index in [9.17, 15) is 4.79 Å². The molecule has 2 N–H and O–H groups in total. The van der Waals surface area contributed by atoms with Gasteiger partial charge in [-0.2, -0.15) is 0 Å². The van der Waals surface area contributed by atoms with Crippen LogP contribution < -0.4 is 5.32 Å². The summed E-state index contributed by atoms with van der Waals surface area (Å²) in [5, 5.41) is 4.24. The van der Waals surface area contributed by atoms with Crippen molar-refractivity contribution in [2.24, 2.45) is 0 Å². The van der Waals surface area contributed by atoms with E-state index in [0.717, 1.165) is 25.7 Å². The smallest absolute Gasteiger partial charge is 0.249 e. The number of hydrogen-bond acceptors (Lipinski definition) is 2. The van der Waals surface area contributed by atoms with Crippen LogP contribution in [0.2, 0.25) is 0 Å². The maximum absolute atomic E-state index is 11.9. The number of ether oxygens (including phenoxy) is 1. The summed E-state index contributed by atoms with van der Waals surface area (Å²) in [5.41, 5.74) is 3.82. The molecule has 0 saturated carbocycles. The van der Waals surface area contributed by atoms with Crippen molar-refractivity contribution in [3.63, 3.8) is 0 Å². The van der Waals surface area contributed by atoms with Crippen LogP contribution in [0.15, 0.2) is 24.4 Å². The zero-order valence-corrected chi connectivity index (χ0v) is 12.4. The van der Waals surface area contributed by atoms with Gasteiger partial charge in [0.1, 0.15) is 6.10 Å². The first-order chi connectivity index (χ1) is 10.3. The van der Waals surface area contributed by atoms with Crippen molar-refractivity contribution in [2.75, 3.05) is 13.2 Å². The number of hydrogen-bond donors (Lipinski definition) is 2. The normalized spacial score (nSPS) is 18.2. The summed E-state index contributed by atoms with van der Waals surface area (Å²) < 4.78 is 5.38. The van der Waals surface area contributed by atoms with E-state index in [1.807, 2.05) is 0 Å². The van der Waals surface area contributed by atoms with Gasteiger partial charge in [0.15, 0.2) is 0 Å². The summed E-state index contributed by atoms with van der Waals surface area (Å²) in [6.07, 6.45) is 5.51. The van der Waals surface area contributed by atoms with Crippen molar-refractivity contribution >= 4 is 16.8 Å². The van der Waals surface area contributed by atoms with E-state index in [-0.39, 0.29) is 12.0 Å². The molecule has 0 radical (unpaired) electrons. The molecule has 1 aromatic carbocycles. The van der Waals surface area contributed by atoms with Crippen molar-refractivity contribution in [1.29, 1.82) is 0 Å². The number of para-hydroxylation sites is 1. The van der Waals surface area contributed by atoms with E-state index in [1.54, 1.807) is 0 Å². The zero-order valence-electron chi connectivity index (χ0n) is 12.4. The molecule has 1 fully saturated rings. The Morgan fingerprint density at radius 3 is 3.10 bits per heavy atom. The monoisotopic (exact) mass is 286 g/mol. The number of aryl methyl sites for hydroxylation is 1. The van der Waals surface area contributed by atoms with Crippen molar-refractivity contribution in [3.05, 3.63) is 35.5 Å². The molecule has 2 heterocycles. The van der Waals surface area contributed by atoms with Crippen LogP contribution in [0.1, 0.15) is 30.9 Å². The molecule has 1 aliphatic rings. The number of benzene rings is 1. The fraction of sp³-hybridized carbons (Fsp3) is 0.471. The number of carbonyl (C=O) groups is 1. The van der Waals surface area contributed by atoms with Crippen LogP contribution in [-0.4, -0.2) is 30.1 Å². The number of nitrogens with one attached hydrogen (secondary N) is 2. The fourth-order valence-corrected chi connectivity index (χ4v) is 3.00. The largest absolute Gasteiger partial charge is 0.368 e. The van der Waals surface area contributed by atoms with Gasteiger partial charge < -0.3 is 15.0 Å². The maximum atomic E-state index is 11.9. The third-order valence-electron chi connectivity index (χ3n) is 4.18. The van der Waals surface area contributed by atoms with E-state index in [2.05, 4.69) is 41.6 Å². The Bertz CT molecular complexity index is 627. The highest BCUT2D eigenvalue weighted by Gasteiger charge is 2.22. The van der Waals surface area contributed by atoms with Crippen LogP contribution in [0.25, 0.3) is 10.9 Å². The molecule has 1 aliphatic heterocycles. The first-order valence-corrected chi connectivity index (χ1v) is 7.76. The van der Waals surface area contributed by atoms with Crippen LogP contribution >= 0.6 is 0 Å². The second kappa shape index (κ2) is 6.31. The van der Waals surface area contributed by atoms with Crippen LogP contribution in [0.4, 0.5) is 0 Å². The molecule has 1 saturated heterocycles. The summed E-state index contributed by atoms with van der Waals surface area (Å²) in [5.74, 6) is 0.0292. The molecule has 1 atom stereocenters. The van der Waals surface area contributed by atoms with E-state index in [1.165, 1.54) is 22.0 Å².